The highest BCUT2D eigenvalue weighted by atomic mass is 19.1. The Kier molecular flexibility index (Phi) is 7.44. The first-order chi connectivity index (χ1) is 16.0. The molecule has 2 saturated heterocycles. The zero-order valence-electron chi connectivity index (χ0n) is 18.9. The van der Waals surface area contributed by atoms with Crippen molar-refractivity contribution in [3.8, 4) is 0 Å². The number of ether oxygens (including phenoxy) is 1. The quantitative estimate of drug-likeness (QED) is 0.595. The third-order valence-electron chi connectivity index (χ3n) is 6.22. The largest absolute Gasteiger partial charge is 0.376 e. The molecule has 33 heavy (non-hydrogen) atoms. The topological polar surface area (TPSA) is 82.7 Å². The standard InChI is InChI=1S/C25H31FN4O3/c1-17-9-11-30(12-10-17)23-8-7-20(29-25(32)28-19-5-2-4-18(26)14-19)15-22(23)24(31)27-16-21-6-3-13-33-21/h2,4-5,7-8,14-15,17,21H,3,6,9-13,16H2,1H3,(H,27,31)(H2,28,29,32). The summed E-state index contributed by atoms with van der Waals surface area (Å²) in [5, 5.41) is 8.35. The predicted molar refractivity (Wildman–Crippen MR) is 127 cm³/mol. The van der Waals surface area contributed by atoms with E-state index in [0.717, 1.165) is 51.1 Å². The van der Waals surface area contributed by atoms with Crippen LogP contribution in [0.5, 0.6) is 0 Å². The van der Waals surface area contributed by atoms with Crippen molar-refractivity contribution < 1.29 is 18.7 Å². The molecule has 2 aromatic rings. The summed E-state index contributed by atoms with van der Waals surface area (Å²) in [5.74, 6) is 0.0528. The fraction of sp³-hybridized carbons (Fsp3) is 0.440. The Morgan fingerprint density at radius 2 is 1.82 bits per heavy atom. The van der Waals surface area contributed by atoms with Crippen LogP contribution in [-0.4, -0.2) is 44.3 Å². The van der Waals surface area contributed by atoms with E-state index in [1.54, 1.807) is 18.2 Å². The molecule has 7 nitrogen and oxygen atoms in total. The second-order valence-corrected chi connectivity index (χ2v) is 8.84. The van der Waals surface area contributed by atoms with Crippen molar-refractivity contribution >= 4 is 29.0 Å². The SMILES string of the molecule is CC1CCN(c2ccc(NC(=O)Nc3cccc(F)c3)cc2C(=O)NCC2CCCO2)CC1. The number of carbonyl (C=O) groups is 2. The van der Waals surface area contributed by atoms with Gasteiger partial charge in [-0.2, -0.15) is 0 Å². The van der Waals surface area contributed by atoms with Crippen LogP contribution < -0.4 is 20.9 Å². The highest BCUT2D eigenvalue weighted by Gasteiger charge is 2.23. The van der Waals surface area contributed by atoms with Crippen LogP contribution in [0.3, 0.4) is 0 Å². The van der Waals surface area contributed by atoms with E-state index in [4.69, 9.17) is 4.74 Å². The molecule has 0 radical (unpaired) electrons. The number of nitrogens with one attached hydrogen (secondary N) is 3. The van der Waals surface area contributed by atoms with Gasteiger partial charge in [0.2, 0.25) is 0 Å². The minimum absolute atomic E-state index is 0.0478. The number of anilines is 3. The van der Waals surface area contributed by atoms with Crippen LogP contribution in [0.2, 0.25) is 0 Å². The number of urea groups is 1. The molecule has 0 aromatic heterocycles. The maximum absolute atomic E-state index is 13.4. The van der Waals surface area contributed by atoms with Crippen molar-refractivity contribution in [2.75, 3.05) is 41.8 Å². The van der Waals surface area contributed by atoms with E-state index in [1.807, 2.05) is 6.07 Å². The molecule has 3 N–H and O–H groups in total. The lowest BCUT2D eigenvalue weighted by Crippen LogP contribution is -2.36. The number of benzene rings is 2. The van der Waals surface area contributed by atoms with Crippen LogP contribution in [0, 0.1) is 11.7 Å². The fourth-order valence-corrected chi connectivity index (χ4v) is 4.29. The summed E-state index contributed by atoms with van der Waals surface area (Å²) >= 11 is 0. The molecule has 2 heterocycles. The lowest BCUT2D eigenvalue weighted by molar-refractivity contribution is 0.0858. The second kappa shape index (κ2) is 10.7. The first-order valence-electron chi connectivity index (χ1n) is 11.6. The number of hydrogen-bond acceptors (Lipinski definition) is 4. The predicted octanol–water partition coefficient (Wildman–Crippen LogP) is 4.61. The van der Waals surface area contributed by atoms with E-state index in [0.29, 0.717) is 29.4 Å². The van der Waals surface area contributed by atoms with Gasteiger partial charge in [-0.15, -0.1) is 0 Å². The van der Waals surface area contributed by atoms with Gasteiger partial charge in [0.1, 0.15) is 5.82 Å². The molecule has 4 rings (SSSR count). The van der Waals surface area contributed by atoms with Gasteiger partial charge in [-0.05, 0) is 68.0 Å². The Morgan fingerprint density at radius 1 is 1.06 bits per heavy atom. The molecular formula is C25H31FN4O3. The van der Waals surface area contributed by atoms with Crippen molar-refractivity contribution in [3.63, 3.8) is 0 Å². The van der Waals surface area contributed by atoms with Crippen LogP contribution in [0.1, 0.15) is 43.0 Å². The first-order valence-corrected chi connectivity index (χ1v) is 11.6. The first kappa shape index (κ1) is 23.0. The van der Waals surface area contributed by atoms with Crippen molar-refractivity contribution in [3.05, 3.63) is 53.8 Å². The maximum Gasteiger partial charge on any atom is 0.323 e. The van der Waals surface area contributed by atoms with Crippen molar-refractivity contribution in [1.29, 1.82) is 0 Å². The number of carbonyl (C=O) groups excluding carboxylic acids is 2. The number of hydrogen-bond donors (Lipinski definition) is 3. The third kappa shape index (κ3) is 6.22. The molecule has 1 unspecified atom stereocenters. The van der Waals surface area contributed by atoms with Crippen LogP contribution in [0.4, 0.5) is 26.2 Å². The van der Waals surface area contributed by atoms with E-state index in [2.05, 4.69) is 27.8 Å². The monoisotopic (exact) mass is 454 g/mol. The van der Waals surface area contributed by atoms with Gasteiger partial charge in [0.15, 0.2) is 0 Å². The summed E-state index contributed by atoms with van der Waals surface area (Å²) in [4.78, 5) is 27.8. The highest BCUT2D eigenvalue weighted by Crippen LogP contribution is 2.29. The zero-order valence-corrected chi connectivity index (χ0v) is 18.9. The smallest absolute Gasteiger partial charge is 0.323 e. The molecule has 2 aromatic carbocycles. The average Bonchev–Trinajstić information content (AvgIpc) is 3.32. The fourth-order valence-electron chi connectivity index (χ4n) is 4.29. The Bertz CT molecular complexity index is 985. The molecule has 0 spiro atoms. The lowest BCUT2D eigenvalue weighted by atomic mass is 9.97. The molecule has 0 aliphatic carbocycles. The van der Waals surface area contributed by atoms with Crippen LogP contribution in [0.15, 0.2) is 42.5 Å². The minimum atomic E-state index is -0.508. The van der Waals surface area contributed by atoms with Crippen LogP contribution >= 0.6 is 0 Å². The van der Waals surface area contributed by atoms with Crippen molar-refractivity contribution in [2.45, 2.75) is 38.7 Å². The third-order valence-corrected chi connectivity index (χ3v) is 6.22. The molecule has 2 fully saturated rings. The molecule has 8 heteroatoms. The normalized spacial score (nSPS) is 18.7. The van der Waals surface area contributed by atoms with Gasteiger partial charge >= 0.3 is 6.03 Å². The minimum Gasteiger partial charge on any atom is -0.376 e. The van der Waals surface area contributed by atoms with Crippen molar-refractivity contribution in [1.82, 2.24) is 5.32 Å². The second-order valence-electron chi connectivity index (χ2n) is 8.84. The number of rotatable bonds is 6. The van der Waals surface area contributed by atoms with E-state index >= 15 is 0 Å². The van der Waals surface area contributed by atoms with E-state index < -0.39 is 11.8 Å². The van der Waals surface area contributed by atoms with E-state index in [1.165, 1.54) is 18.2 Å². The van der Waals surface area contributed by atoms with E-state index in [-0.39, 0.29) is 12.0 Å². The number of nitrogens with zero attached hydrogens (tertiary/aromatic N) is 1. The van der Waals surface area contributed by atoms with Crippen LogP contribution in [0.25, 0.3) is 0 Å². The number of piperidine rings is 1. The Labute approximate surface area is 193 Å². The zero-order chi connectivity index (χ0) is 23.2. The summed E-state index contributed by atoms with van der Waals surface area (Å²) in [6.07, 6.45) is 4.16. The summed E-state index contributed by atoms with van der Waals surface area (Å²) in [6.45, 7) is 5.22. The van der Waals surface area contributed by atoms with Gasteiger partial charge in [-0.25, -0.2) is 9.18 Å². The molecule has 0 saturated carbocycles. The molecule has 2 aliphatic heterocycles. The molecular weight excluding hydrogens is 423 g/mol. The Morgan fingerprint density at radius 3 is 2.52 bits per heavy atom. The van der Waals surface area contributed by atoms with Crippen LogP contribution in [-0.2, 0) is 4.74 Å². The Hall–Kier alpha value is -3.13. The molecule has 0 bridgehead atoms. The van der Waals surface area contributed by atoms with Gasteiger partial charge < -0.3 is 25.6 Å². The Balaban J connectivity index is 1.49. The summed E-state index contributed by atoms with van der Waals surface area (Å²) in [7, 11) is 0. The van der Waals surface area contributed by atoms with Gasteiger partial charge in [0.25, 0.3) is 5.91 Å². The molecule has 176 valence electrons. The van der Waals surface area contributed by atoms with Gasteiger partial charge in [0.05, 0.1) is 11.7 Å². The number of amides is 3. The lowest BCUT2D eigenvalue weighted by Gasteiger charge is -2.33. The van der Waals surface area contributed by atoms with Gasteiger partial charge in [-0.3, -0.25) is 4.79 Å². The number of halogens is 1. The highest BCUT2D eigenvalue weighted by molar-refractivity contribution is 6.04. The van der Waals surface area contributed by atoms with Crippen molar-refractivity contribution in [2.24, 2.45) is 5.92 Å². The summed E-state index contributed by atoms with van der Waals surface area (Å²) in [6, 6.07) is 10.5. The maximum atomic E-state index is 13.4. The average molecular weight is 455 g/mol. The van der Waals surface area contributed by atoms with E-state index in [9.17, 15) is 14.0 Å². The molecule has 3 amide bonds. The van der Waals surface area contributed by atoms with Gasteiger partial charge in [0, 0.05) is 43.3 Å². The summed E-state index contributed by atoms with van der Waals surface area (Å²) < 4.78 is 19.0. The molecule has 1 atom stereocenters. The molecule has 2 aliphatic rings. The van der Waals surface area contributed by atoms with Gasteiger partial charge in [-0.1, -0.05) is 13.0 Å². The summed E-state index contributed by atoms with van der Waals surface area (Å²) in [5.41, 5.74) is 2.22.